The molecular formula is C16H23N3O. The highest BCUT2D eigenvalue weighted by Crippen LogP contribution is 2.27. The Labute approximate surface area is 120 Å². The number of aromatic nitrogens is 2. The third-order valence-corrected chi connectivity index (χ3v) is 3.25. The zero-order chi connectivity index (χ0) is 14.0. The van der Waals surface area contributed by atoms with Crippen LogP contribution in [-0.4, -0.2) is 23.1 Å². The summed E-state index contributed by atoms with van der Waals surface area (Å²) in [5.41, 5.74) is 6.49. The second kappa shape index (κ2) is 8.38. The number of ether oxygens (including phenoxy) is 1. The van der Waals surface area contributed by atoms with E-state index < -0.39 is 0 Å². The highest BCUT2D eigenvalue weighted by atomic mass is 16.5. The van der Waals surface area contributed by atoms with Crippen molar-refractivity contribution in [2.45, 2.75) is 32.1 Å². The van der Waals surface area contributed by atoms with Crippen molar-refractivity contribution < 1.29 is 4.74 Å². The Morgan fingerprint density at radius 2 is 1.85 bits per heavy atom. The molecule has 0 amide bonds. The quantitative estimate of drug-likeness (QED) is 0.688. The van der Waals surface area contributed by atoms with E-state index in [1.54, 1.807) is 6.20 Å². The van der Waals surface area contributed by atoms with Crippen LogP contribution < -0.4 is 10.5 Å². The van der Waals surface area contributed by atoms with Crippen molar-refractivity contribution >= 4 is 0 Å². The van der Waals surface area contributed by atoms with Crippen LogP contribution in [0.2, 0.25) is 0 Å². The average molecular weight is 273 g/mol. The van der Waals surface area contributed by atoms with Crippen molar-refractivity contribution in [1.82, 2.24) is 9.97 Å². The van der Waals surface area contributed by atoms with Crippen LogP contribution in [0.25, 0.3) is 11.4 Å². The molecule has 0 bridgehead atoms. The van der Waals surface area contributed by atoms with E-state index >= 15 is 0 Å². The standard InChI is InChI=1S/C16H23N3O/c17-10-6-2-1-3-7-13-20-15-9-5-4-8-14(15)16-18-11-12-19-16/h4-5,8-9,11-12H,1-3,6-7,10,13,17H2,(H,18,19). The third-order valence-electron chi connectivity index (χ3n) is 3.25. The Morgan fingerprint density at radius 1 is 1.05 bits per heavy atom. The van der Waals surface area contributed by atoms with Crippen LogP contribution >= 0.6 is 0 Å². The van der Waals surface area contributed by atoms with E-state index in [9.17, 15) is 0 Å². The maximum absolute atomic E-state index is 5.88. The monoisotopic (exact) mass is 273 g/mol. The normalized spacial score (nSPS) is 10.7. The lowest BCUT2D eigenvalue weighted by Gasteiger charge is -2.09. The van der Waals surface area contributed by atoms with Crippen LogP contribution in [-0.2, 0) is 0 Å². The van der Waals surface area contributed by atoms with Crippen molar-refractivity contribution in [1.29, 1.82) is 0 Å². The minimum absolute atomic E-state index is 0.750. The summed E-state index contributed by atoms with van der Waals surface area (Å²) >= 11 is 0. The van der Waals surface area contributed by atoms with Crippen molar-refractivity contribution in [2.75, 3.05) is 13.2 Å². The fourth-order valence-corrected chi connectivity index (χ4v) is 2.16. The van der Waals surface area contributed by atoms with Crippen molar-refractivity contribution in [3.63, 3.8) is 0 Å². The summed E-state index contributed by atoms with van der Waals surface area (Å²) in [6, 6.07) is 8.00. The van der Waals surface area contributed by atoms with Gasteiger partial charge in [0.2, 0.25) is 0 Å². The molecule has 1 heterocycles. The van der Waals surface area contributed by atoms with Gasteiger partial charge in [-0.05, 0) is 31.5 Å². The molecule has 1 aromatic carbocycles. The second-order valence-electron chi connectivity index (χ2n) is 4.84. The molecular weight excluding hydrogens is 250 g/mol. The van der Waals surface area contributed by atoms with Gasteiger partial charge in [-0.15, -0.1) is 0 Å². The number of benzene rings is 1. The number of nitrogens with zero attached hydrogens (tertiary/aromatic N) is 1. The molecule has 0 saturated carbocycles. The van der Waals surface area contributed by atoms with Crippen molar-refractivity contribution in [2.24, 2.45) is 5.73 Å². The van der Waals surface area contributed by atoms with Crippen LogP contribution in [0.1, 0.15) is 32.1 Å². The first-order valence-electron chi connectivity index (χ1n) is 7.33. The highest BCUT2D eigenvalue weighted by Gasteiger charge is 2.07. The number of hydrogen-bond donors (Lipinski definition) is 2. The molecule has 20 heavy (non-hydrogen) atoms. The number of nitrogens with one attached hydrogen (secondary N) is 1. The number of H-pyrrole nitrogens is 1. The van der Waals surface area contributed by atoms with Crippen molar-refractivity contribution in [3.05, 3.63) is 36.7 Å². The zero-order valence-electron chi connectivity index (χ0n) is 11.8. The molecule has 0 spiro atoms. The third kappa shape index (κ3) is 4.38. The lowest BCUT2D eigenvalue weighted by Crippen LogP contribution is -2.00. The Hall–Kier alpha value is -1.81. The van der Waals surface area contributed by atoms with Gasteiger partial charge in [0, 0.05) is 12.4 Å². The number of nitrogens with two attached hydrogens (primary N) is 1. The van der Waals surface area contributed by atoms with Gasteiger partial charge in [0.05, 0.1) is 12.2 Å². The minimum Gasteiger partial charge on any atom is -0.493 e. The number of imidazole rings is 1. The first-order valence-corrected chi connectivity index (χ1v) is 7.33. The summed E-state index contributed by atoms with van der Waals surface area (Å²) in [5, 5.41) is 0. The van der Waals surface area contributed by atoms with E-state index in [1.165, 1.54) is 19.3 Å². The summed E-state index contributed by atoms with van der Waals surface area (Å²) < 4.78 is 5.88. The van der Waals surface area contributed by atoms with Gasteiger partial charge in [0.15, 0.2) is 0 Å². The number of unbranched alkanes of at least 4 members (excludes halogenated alkanes) is 4. The van der Waals surface area contributed by atoms with E-state index in [0.29, 0.717) is 0 Å². The highest BCUT2D eigenvalue weighted by molar-refractivity contribution is 5.63. The summed E-state index contributed by atoms with van der Waals surface area (Å²) in [7, 11) is 0. The summed E-state index contributed by atoms with van der Waals surface area (Å²) in [5.74, 6) is 1.74. The van der Waals surface area contributed by atoms with E-state index in [2.05, 4.69) is 9.97 Å². The Kier molecular flexibility index (Phi) is 6.11. The van der Waals surface area contributed by atoms with E-state index in [-0.39, 0.29) is 0 Å². The predicted octanol–water partition coefficient (Wildman–Crippen LogP) is 3.36. The van der Waals surface area contributed by atoms with Gasteiger partial charge >= 0.3 is 0 Å². The van der Waals surface area contributed by atoms with Gasteiger partial charge in [-0.3, -0.25) is 0 Å². The van der Waals surface area contributed by atoms with Crippen LogP contribution in [0.5, 0.6) is 5.75 Å². The number of aromatic amines is 1. The first kappa shape index (κ1) is 14.6. The maximum Gasteiger partial charge on any atom is 0.141 e. The van der Waals surface area contributed by atoms with E-state index in [0.717, 1.165) is 43.1 Å². The van der Waals surface area contributed by atoms with Crippen LogP contribution in [0, 0.1) is 0 Å². The predicted molar refractivity (Wildman–Crippen MR) is 81.7 cm³/mol. The minimum atomic E-state index is 0.750. The molecule has 4 nitrogen and oxygen atoms in total. The first-order chi connectivity index (χ1) is 9.92. The van der Waals surface area contributed by atoms with Crippen LogP contribution in [0.4, 0.5) is 0 Å². The molecule has 2 aromatic rings. The maximum atomic E-state index is 5.88. The number of rotatable bonds is 9. The summed E-state index contributed by atoms with van der Waals surface area (Å²) in [6.45, 7) is 1.55. The molecule has 0 aliphatic rings. The van der Waals surface area contributed by atoms with E-state index in [4.69, 9.17) is 10.5 Å². The Bertz CT molecular complexity index is 482. The fraction of sp³-hybridized carbons (Fsp3) is 0.438. The van der Waals surface area contributed by atoms with Gasteiger partial charge in [-0.1, -0.05) is 31.4 Å². The molecule has 0 radical (unpaired) electrons. The molecule has 1 aromatic heterocycles. The molecule has 0 saturated heterocycles. The van der Waals surface area contributed by atoms with Crippen LogP contribution in [0.3, 0.4) is 0 Å². The van der Waals surface area contributed by atoms with Gasteiger partial charge in [0.25, 0.3) is 0 Å². The zero-order valence-corrected chi connectivity index (χ0v) is 11.8. The molecule has 0 unspecified atom stereocenters. The van der Waals surface area contributed by atoms with Gasteiger partial charge < -0.3 is 15.5 Å². The van der Waals surface area contributed by atoms with Gasteiger partial charge in [0.1, 0.15) is 11.6 Å². The Balaban J connectivity index is 1.79. The topological polar surface area (TPSA) is 63.9 Å². The van der Waals surface area contributed by atoms with Gasteiger partial charge in [-0.2, -0.15) is 0 Å². The van der Waals surface area contributed by atoms with Crippen molar-refractivity contribution in [3.8, 4) is 17.1 Å². The fourth-order valence-electron chi connectivity index (χ4n) is 2.16. The van der Waals surface area contributed by atoms with E-state index in [1.807, 2.05) is 30.5 Å². The molecule has 0 aliphatic carbocycles. The number of para-hydroxylation sites is 1. The average Bonchev–Trinajstić information content (AvgIpc) is 3.01. The molecule has 0 fully saturated rings. The molecule has 4 heteroatoms. The SMILES string of the molecule is NCCCCCCCOc1ccccc1-c1ncc[nH]1. The number of hydrogen-bond acceptors (Lipinski definition) is 3. The summed E-state index contributed by atoms with van der Waals surface area (Å²) in [4.78, 5) is 7.39. The molecule has 0 atom stereocenters. The molecule has 108 valence electrons. The molecule has 2 rings (SSSR count). The van der Waals surface area contributed by atoms with Crippen LogP contribution in [0.15, 0.2) is 36.7 Å². The summed E-state index contributed by atoms with van der Waals surface area (Å²) in [6.07, 6.45) is 9.44. The second-order valence-corrected chi connectivity index (χ2v) is 4.84. The molecule has 3 N–H and O–H groups in total. The van der Waals surface area contributed by atoms with Gasteiger partial charge in [-0.25, -0.2) is 4.98 Å². The Morgan fingerprint density at radius 3 is 2.65 bits per heavy atom. The lowest BCUT2D eigenvalue weighted by atomic mass is 10.1. The smallest absolute Gasteiger partial charge is 0.141 e. The molecule has 0 aliphatic heterocycles. The lowest BCUT2D eigenvalue weighted by molar-refractivity contribution is 0.305. The largest absolute Gasteiger partial charge is 0.493 e.